The maximum absolute atomic E-state index is 10.9. The van der Waals surface area contributed by atoms with Crippen molar-refractivity contribution in [1.29, 1.82) is 0 Å². The maximum Gasteiger partial charge on any atom is 2.00 e. The van der Waals surface area contributed by atoms with Gasteiger partial charge in [0.05, 0.1) is 34.6 Å². The number of aliphatic carboxylic acids is 2. The number of carboxylic acids is 2. The SMILES string of the molecule is O.O.O=C([O-])CC(=O)OCc1ccc([N+](=O)[O-])cc1.O=C([O-])CC(=O)OCc1ccc([N+](=O)[O-])cc1.[Mg+2]. The van der Waals surface area contributed by atoms with Crippen LogP contribution in [-0.2, 0) is 41.9 Å². The molecule has 0 heterocycles. The quantitative estimate of drug-likeness (QED) is 0.100. The van der Waals surface area contributed by atoms with E-state index >= 15 is 0 Å². The second-order valence-corrected chi connectivity index (χ2v) is 6.27. The summed E-state index contributed by atoms with van der Waals surface area (Å²) in [5, 5.41) is 40.8. The van der Waals surface area contributed by atoms with Gasteiger partial charge in [0, 0.05) is 24.3 Å². The Morgan fingerprint density at radius 3 is 1.11 bits per heavy atom. The zero-order valence-electron chi connectivity index (χ0n) is 18.9. The van der Waals surface area contributed by atoms with Crippen LogP contribution >= 0.6 is 0 Å². The van der Waals surface area contributed by atoms with Crippen LogP contribution in [0.5, 0.6) is 0 Å². The Hall–Kier alpha value is -4.19. The first-order valence-electron chi connectivity index (χ1n) is 9.15. The van der Waals surface area contributed by atoms with Crippen LogP contribution in [0.1, 0.15) is 24.0 Å². The van der Waals surface area contributed by atoms with Crippen LogP contribution in [0, 0.1) is 20.2 Å². The third-order valence-corrected chi connectivity index (χ3v) is 3.67. The Morgan fingerprint density at radius 1 is 0.622 bits per heavy atom. The Balaban J connectivity index is -0.000000578. The average Bonchev–Trinajstić information content (AvgIpc) is 2.76. The second-order valence-electron chi connectivity index (χ2n) is 6.27. The molecule has 0 aliphatic carbocycles. The molecule has 0 fully saturated rings. The molecular formula is C20H20MgN2O14. The molecule has 2 rings (SSSR count). The number of carboxylic acid groups (broad SMARTS) is 2. The normalized spacial score (nSPS) is 8.86. The van der Waals surface area contributed by atoms with Crippen molar-refractivity contribution in [3.63, 3.8) is 0 Å². The largest absolute Gasteiger partial charge is 2.00 e. The number of carbonyl (C=O) groups is 4. The van der Waals surface area contributed by atoms with Crippen LogP contribution in [0.25, 0.3) is 0 Å². The van der Waals surface area contributed by atoms with Crippen molar-refractivity contribution >= 4 is 58.3 Å². The molecule has 0 bridgehead atoms. The molecule has 2 aromatic carbocycles. The van der Waals surface area contributed by atoms with E-state index in [-0.39, 0.29) is 58.6 Å². The van der Waals surface area contributed by atoms with Gasteiger partial charge in [0.15, 0.2) is 0 Å². The summed E-state index contributed by atoms with van der Waals surface area (Å²) in [6.45, 7) is -0.270. The molecule has 0 atom stereocenters. The number of ether oxygens (including phenoxy) is 2. The summed E-state index contributed by atoms with van der Waals surface area (Å²) < 4.78 is 9.22. The van der Waals surface area contributed by atoms with E-state index in [4.69, 9.17) is 0 Å². The summed E-state index contributed by atoms with van der Waals surface area (Å²) in [5.74, 6) is -4.86. The molecule has 0 saturated heterocycles. The molecule has 0 amide bonds. The van der Waals surface area contributed by atoms with Crippen LogP contribution in [0.2, 0.25) is 0 Å². The summed E-state index contributed by atoms with van der Waals surface area (Å²) in [6, 6.07) is 10.7. The van der Waals surface area contributed by atoms with Gasteiger partial charge in [-0.05, 0) is 35.4 Å². The Kier molecular flexibility index (Phi) is 19.2. The predicted octanol–water partition coefficient (Wildman–Crippen LogP) is -2.47. The van der Waals surface area contributed by atoms with E-state index in [1.807, 2.05) is 0 Å². The molecule has 0 radical (unpaired) electrons. The van der Waals surface area contributed by atoms with E-state index in [0.29, 0.717) is 11.1 Å². The number of hydrogen-bond acceptors (Lipinski definition) is 12. The second kappa shape index (κ2) is 19.0. The van der Waals surface area contributed by atoms with Gasteiger partial charge in [0.2, 0.25) is 0 Å². The Morgan fingerprint density at radius 2 is 0.892 bits per heavy atom. The minimum absolute atomic E-state index is 0. The fourth-order valence-electron chi connectivity index (χ4n) is 2.09. The number of nitro groups is 2. The van der Waals surface area contributed by atoms with Gasteiger partial charge >= 0.3 is 35.0 Å². The van der Waals surface area contributed by atoms with Gasteiger partial charge in [-0.3, -0.25) is 29.8 Å². The molecule has 16 nitrogen and oxygen atoms in total. The maximum atomic E-state index is 10.9. The minimum Gasteiger partial charge on any atom is -0.550 e. The van der Waals surface area contributed by atoms with Crippen LogP contribution in [-0.4, -0.2) is 67.7 Å². The third kappa shape index (κ3) is 16.2. The first-order valence-corrected chi connectivity index (χ1v) is 9.15. The van der Waals surface area contributed by atoms with E-state index in [1.165, 1.54) is 48.5 Å². The number of hydrogen-bond donors (Lipinski definition) is 0. The molecule has 0 aliphatic rings. The average molecular weight is 537 g/mol. The molecule has 196 valence electrons. The monoisotopic (exact) mass is 536 g/mol. The first-order chi connectivity index (χ1) is 16.0. The van der Waals surface area contributed by atoms with Gasteiger partial charge < -0.3 is 40.2 Å². The third-order valence-electron chi connectivity index (χ3n) is 3.67. The van der Waals surface area contributed by atoms with Gasteiger partial charge in [-0.2, -0.15) is 0 Å². The summed E-state index contributed by atoms with van der Waals surface area (Å²) in [4.78, 5) is 61.4. The topological polar surface area (TPSA) is 282 Å². The molecule has 0 unspecified atom stereocenters. The number of rotatable bonds is 10. The fraction of sp³-hybridized carbons (Fsp3) is 0.200. The number of esters is 2. The zero-order valence-corrected chi connectivity index (χ0v) is 20.4. The van der Waals surface area contributed by atoms with E-state index in [1.54, 1.807) is 0 Å². The number of carbonyl (C=O) groups excluding carboxylic acids is 4. The molecule has 17 heteroatoms. The Bertz CT molecular complexity index is 972. The van der Waals surface area contributed by atoms with Gasteiger partial charge in [-0.25, -0.2) is 0 Å². The summed E-state index contributed by atoms with van der Waals surface area (Å²) in [7, 11) is 0. The standard InChI is InChI=1S/2C10H9NO6.Mg.2H2O/c2*12-9(13)5-10(14)17-6-7-1-3-8(4-2-7)11(15)16;;;/h2*1-4H,5-6H2,(H,12,13);;2*1H2/q;;+2;;/p-2. The molecule has 0 aliphatic heterocycles. The smallest absolute Gasteiger partial charge is 0.550 e. The summed E-state index contributed by atoms with van der Waals surface area (Å²) >= 11 is 0. The summed E-state index contributed by atoms with van der Waals surface area (Å²) in [6.07, 6.45) is -1.63. The van der Waals surface area contributed by atoms with Gasteiger partial charge in [0.1, 0.15) is 13.2 Å². The van der Waals surface area contributed by atoms with Crippen molar-refractivity contribution < 1.29 is 59.7 Å². The van der Waals surface area contributed by atoms with Gasteiger partial charge in [-0.15, -0.1) is 0 Å². The summed E-state index contributed by atoms with van der Waals surface area (Å²) in [5.41, 5.74) is 0.911. The molecule has 37 heavy (non-hydrogen) atoms. The van der Waals surface area contributed by atoms with Crippen LogP contribution < -0.4 is 10.2 Å². The minimum atomic E-state index is -1.52. The van der Waals surface area contributed by atoms with Crippen molar-refractivity contribution in [2.45, 2.75) is 26.1 Å². The van der Waals surface area contributed by atoms with E-state index in [9.17, 15) is 49.6 Å². The number of benzene rings is 2. The molecule has 0 aromatic heterocycles. The molecule has 4 N–H and O–H groups in total. The van der Waals surface area contributed by atoms with Gasteiger partial charge in [-0.1, -0.05) is 0 Å². The van der Waals surface area contributed by atoms with Crippen molar-refractivity contribution in [2.75, 3.05) is 0 Å². The number of nitro benzene ring substituents is 2. The molecule has 0 spiro atoms. The molecular weight excluding hydrogens is 517 g/mol. The predicted molar refractivity (Wildman–Crippen MR) is 118 cm³/mol. The first kappa shape index (κ1) is 37.4. The zero-order chi connectivity index (χ0) is 25.7. The van der Waals surface area contributed by atoms with Crippen molar-refractivity contribution in [3.8, 4) is 0 Å². The van der Waals surface area contributed by atoms with E-state index in [0.717, 1.165) is 0 Å². The molecule has 2 aromatic rings. The van der Waals surface area contributed by atoms with E-state index < -0.39 is 46.6 Å². The van der Waals surface area contributed by atoms with Crippen LogP contribution in [0.15, 0.2) is 48.5 Å². The van der Waals surface area contributed by atoms with Crippen LogP contribution in [0.3, 0.4) is 0 Å². The fourth-order valence-corrected chi connectivity index (χ4v) is 2.09. The van der Waals surface area contributed by atoms with Crippen molar-refractivity contribution in [1.82, 2.24) is 0 Å². The van der Waals surface area contributed by atoms with Gasteiger partial charge in [0.25, 0.3) is 11.4 Å². The van der Waals surface area contributed by atoms with Crippen molar-refractivity contribution in [2.24, 2.45) is 0 Å². The molecule has 0 saturated carbocycles. The Labute approximate surface area is 223 Å². The number of non-ortho nitro benzene ring substituents is 2. The number of nitrogens with zero attached hydrogens (tertiary/aromatic N) is 2. The van der Waals surface area contributed by atoms with Crippen molar-refractivity contribution in [3.05, 3.63) is 79.9 Å². The van der Waals surface area contributed by atoms with Crippen LogP contribution in [0.4, 0.5) is 11.4 Å². The van der Waals surface area contributed by atoms with E-state index in [2.05, 4.69) is 9.47 Å².